The molecule has 1 saturated heterocycles. The Hall–Kier alpha value is -1.57. The van der Waals surface area contributed by atoms with Crippen LogP contribution in [0.15, 0.2) is 18.7 Å². The Labute approximate surface area is 128 Å². The average Bonchev–Trinajstić information content (AvgIpc) is 2.85. The summed E-state index contributed by atoms with van der Waals surface area (Å²) in [5.41, 5.74) is 0.815. The lowest BCUT2D eigenvalue weighted by atomic mass is 9.94. The number of amides is 1. The molecule has 7 heteroatoms. The van der Waals surface area contributed by atoms with E-state index < -0.39 is 18.2 Å². The first kappa shape index (κ1) is 15.3. The van der Waals surface area contributed by atoms with Crippen molar-refractivity contribution in [3.63, 3.8) is 0 Å². The van der Waals surface area contributed by atoms with Crippen LogP contribution in [-0.2, 0) is 9.53 Å². The number of aromatic nitrogens is 2. The number of hydrogen-bond donors (Lipinski definition) is 3. The summed E-state index contributed by atoms with van der Waals surface area (Å²) >= 11 is 0. The van der Waals surface area contributed by atoms with Crippen molar-refractivity contribution < 1.29 is 19.7 Å². The quantitative estimate of drug-likeness (QED) is 0.702. The van der Waals surface area contributed by atoms with Gasteiger partial charge in [0, 0.05) is 37.4 Å². The zero-order valence-electron chi connectivity index (χ0n) is 12.3. The molecule has 1 amide bonds. The van der Waals surface area contributed by atoms with Crippen molar-refractivity contribution in [3.05, 3.63) is 24.3 Å². The van der Waals surface area contributed by atoms with E-state index in [1.165, 1.54) is 6.33 Å². The molecule has 1 aliphatic carbocycles. The SMILES string of the molecule is O=C(N[C@H]1[C@H](O)[C@H](O)C[C@@H]1c1cncnc1)C1CCOCC1. The van der Waals surface area contributed by atoms with Gasteiger partial charge in [-0.3, -0.25) is 4.79 Å². The van der Waals surface area contributed by atoms with Gasteiger partial charge in [0.05, 0.1) is 12.1 Å². The third kappa shape index (κ3) is 3.11. The highest BCUT2D eigenvalue weighted by Crippen LogP contribution is 2.35. The van der Waals surface area contributed by atoms with Gasteiger partial charge in [0.2, 0.25) is 5.91 Å². The van der Waals surface area contributed by atoms with Crippen LogP contribution >= 0.6 is 0 Å². The predicted molar refractivity (Wildman–Crippen MR) is 76.9 cm³/mol. The molecule has 7 nitrogen and oxygen atoms in total. The van der Waals surface area contributed by atoms with Crippen LogP contribution in [0.5, 0.6) is 0 Å². The normalized spacial score (nSPS) is 32.8. The molecule has 3 rings (SSSR count). The van der Waals surface area contributed by atoms with E-state index in [9.17, 15) is 15.0 Å². The fourth-order valence-corrected chi connectivity index (χ4v) is 3.30. The molecule has 2 heterocycles. The zero-order chi connectivity index (χ0) is 15.5. The van der Waals surface area contributed by atoms with Crippen molar-refractivity contribution in [1.29, 1.82) is 0 Å². The Balaban J connectivity index is 1.72. The van der Waals surface area contributed by atoms with Gasteiger partial charge >= 0.3 is 0 Å². The lowest BCUT2D eigenvalue weighted by Crippen LogP contribution is -2.48. The van der Waals surface area contributed by atoms with E-state index in [2.05, 4.69) is 15.3 Å². The second-order valence-corrected chi connectivity index (χ2v) is 5.99. The second-order valence-electron chi connectivity index (χ2n) is 5.99. The highest BCUT2D eigenvalue weighted by atomic mass is 16.5. The van der Waals surface area contributed by atoms with Crippen molar-refractivity contribution in [3.8, 4) is 0 Å². The third-order valence-corrected chi connectivity index (χ3v) is 4.60. The molecule has 0 radical (unpaired) electrons. The Morgan fingerprint density at radius 1 is 1.23 bits per heavy atom. The smallest absolute Gasteiger partial charge is 0.223 e. The van der Waals surface area contributed by atoms with Crippen LogP contribution in [-0.4, -0.2) is 57.6 Å². The number of hydrogen-bond acceptors (Lipinski definition) is 6. The van der Waals surface area contributed by atoms with E-state index in [0.717, 1.165) is 5.56 Å². The maximum atomic E-state index is 12.4. The standard InChI is InChI=1S/C15H21N3O4/c19-12-5-11(10-6-16-8-17-7-10)13(14(12)20)18-15(21)9-1-3-22-4-2-9/h6-9,11-14,19-20H,1-5H2,(H,18,21)/t11-,12-,13-,14-/m1/s1. The Kier molecular flexibility index (Phi) is 4.66. The number of aliphatic hydroxyl groups excluding tert-OH is 2. The Bertz CT molecular complexity index is 507. The molecule has 1 saturated carbocycles. The van der Waals surface area contributed by atoms with Crippen LogP contribution in [0.1, 0.15) is 30.7 Å². The van der Waals surface area contributed by atoms with Crippen molar-refractivity contribution >= 4 is 5.91 Å². The lowest BCUT2D eigenvalue weighted by molar-refractivity contribution is -0.129. The van der Waals surface area contributed by atoms with Gasteiger partial charge in [-0.1, -0.05) is 0 Å². The van der Waals surface area contributed by atoms with Gasteiger partial charge in [0.15, 0.2) is 0 Å². The summed E-state index contributed by atoms with van der Waals surface area (Å²) < 4.78 is 5.26. The van der Waals surface area contributed by atoms with Crippen molar-refractivity contribution in [2.75, 3.05) is 13.2 Å². The van der Waals surface area contributed by atoms with Gasteiger partial charge in [0.1, 0.15) is 12.4 Å². The fraction of sp³-hybridized carbons (Fsp3) is 0.667. The van der Waals surface area contributed by atoms with Crippen LogP contribution in [0.3, 0.4) is 0 Å². The molecular weight excluding hydrogens is 286 g/mol. The van der Waals surface area contributed by atoms with E-state index >= 15 is 0 Å². The minimum Gasteiger partial charge on any atom is -0.390 e. The van der Waals surface area contributed by atoms with Crippen LogP contribution in [0.25, 0.3) is 0 Å². The molecule has 2 fully saturated rings. The molecular formula is C15H21N3O4. The van der Waals surface area contributed by atoms with Gasteiger partial charge in [-0.2, -0.15) is 0 Å². The minimum absolute atomic E-state index is 0.0803. The van der Waals surface area contributed by atoms with E-state index in [1.54, 1.807) is 12.4 Å². The predicted octanol–water partition coefficient (Wildman–Crippen LogP) is -0.403. The number of nitrogens with one attached hydrogen (secondary N) is 1. The minimum atomic E-state index is -0.978. The summed E-state index contributed by atoms with van der Waals surface area (Å²) in [4.78, 5) is 20.4. The highest BCUT2D eigenvalue weighted by Gasteiger charge is 2.44. The largest absolute Gasteiger partial charge is 0.390 e. The molecule has 1 aliphatic heterocycles. The molecule has 1 aromatic heterocycles. The number of aliphatic hydroxyl groups is 2. The van der Waals surface area contributed by atoms with E-state index in [4.69, 9.17) is 4.74 Å². The molecule has 3 N–H and O–H groups in total. The molecule has 0 aromatic carbocycles. The van der Waals surface area contributed by atoms with Gasteiger partial charge in [-0.15, -0.1) is 0 Å². The molecule has 4 atom stereocenters. The average molecular weight is 307 g/mol. The van der Waals surface area contributed by atoms with Crippen molar-refractivity contribution in [2.45, 2.75) is 43.4 Å². The summed E-state index contributed by atoms with van der Waals surface area (Å²) in [6.07, 6.45) is 4.69. The fourth-order valence-electron chi connectivity index (χ4n) is 3.30. The molecule has 2 aliphatic rings. The van der Waals surface area contributed by atoms with E-state index in [-0.39, 0.29) is 17.7 Å². The summed E-state index contributed by atoms with van der Waals surface area (Å²) in [5, 5.41) is 23.1. The molecule has 1 aromatic rings. The maximum absolute atomic E-state index is 12.4. The molecule has 0 bridgehead atoms. The van der Waals surface area contributed by atoms with E-state index in [0.29, 0.717) is 32.5 Å². The number of ether oxygens (including phenoxy) is 1. The molecule has 0 spiro atoms. The zero-order valence-corrected chi connectivity index (χ0v) is 12.3. The Morgan fingerprint density at radius 3 is 2.59 bits per heavy atom. The summed E-state index contributed by atoms with van der Waals surface area (Å²) in [5.74, 6) is -0.357. The summed E-state index contributed by atoms with van der Waals surface area (Å²) in [6, 6.07) is -0.517. The lowest BCUT2D eigenvalue weighted by Gasteiger charge is -2.27. The van der Waals surface area contributed by atoms with E-state index in [1.807, 2.05) is 0 Å². The van der Waals surface area contributed by atoms with Crippen LogP contribution < -0.4 is 5.32 Å². The summed E-state index contributed by atoms with van der Waals surface area (Å²) in [6.45, 7) is 1.17. The molecule has 22 heavy (non-hydrogen) atoms. The number of nitrogens with zero attached hydrogens (tertiary/aromatic N) is 2. The van der Waals surface area contributed by atoms with Gasteiger partial charge < -0.3 is 20.3 Å². The first-order valence-corrected chi connectivity index (χ1v) is 7.66. The second kappa shape index (κ2) is 6.68. The van der Waals surface area contributed by atoms with Gasteiger partial charge in [0.25, 0.3) is 0 Å². The van der Waals surface area contributed by atoms with Crippen molar-refractivity contribution in [2.24, 2.45) is 5.92 Å². The first-order valence-electron chi connectivity index (χ1n) is 7.66. The number of carbonyl (C=O) groups excluding carboxylic acids is 1. The highest BCUT2D eigenvalue weighted by molar-refractivity contribution is 5.79. The molecule has 120 valence electrons. The van der Waals surface area contributed by atoms with Crippen LogP contribution in [0, 0.1) is 5.92 Å². The molecule has 0 unspecified atom stereocenters. The first-order chi connectivity index (χ1) is 10.7. The third-order valence-electron chi connectivity index (χ3n) is 4.60. The summed E-state index contributed by atoms with van der Waals surface area (Å²) in [7, 11) is 0. The number of carbonyl (C=O) groups is 1. The van der Waals surface area contributed by atoms with Crippen LogP contribution in [0.2, 0.25) is 0 Å². The monoisotopic (exact) mass is 307 g/mol. The van der Waals surface area contributed by atoms with Crippen LogP contribution in [0.4, 0.5) is 0 Å². The maximum Gasteiger partial charge on any atom is 0.223 e. The van der Waals surface area contributed by atoms with Gasteiger partial charge in [-0.05, 0) is 24.8 Å². The number of rotatable bonds is 3. The Morgan fingerprint density at radius 2 is 1.91 bits per heavy atom. The van der Waals surface area contributed by atoms with Gasteiger partial charge in [-0.25, -0.2) is 9.97 Å². The topological polar surface area (TPSA) is 105 Å². The van der Waals surface area contributed by atoms with Crippen molar-refractivity contribution in [1.82, 2.24) is 15.3 Å².